The first-order valence-corrected chi connectivity index (χ1v) is 13.5. The summed E-state index contributed by atoms with van der Waals surface area (Å²) in [5.74, 6) is 0.370. The Balaban J connectivity index is 1.41. The number of hydrogen-bond donors (Lipinski definition) is 1. The molecule has 3 aromatic heterocycles. The topological polar surface area (TPSA) is 81.4 Å². The summed E-state index contributed by atoms with van der Waals surface area (Å²) in [6.07, 6.45) is 3.78. The van der Waals surface area contributed by atoms with E-state index in [1.54, 1.807) is 12.1 Å². The van der Waals surface area contributed by atoms with Crippen molar-refractivity contribution in [2.24, 2.45) is 0 Å². The van der Waals surface area contributed by atoms with E-state index in [1.165, 1.54) is 18.4 Å². The van der Waals surface area contributed by atoms with Gasteiger partial charge in [0, 0.05) is 15.8 Å². The highest BCUT2D eigenvalue weighted by molar-refractivity contribution is 7.17. The molecule has 1 N–H and O–H groups in total. The Hall–Kier alpha value is -3.94. The number of para-hydroxylation sites is 1. The van der Waals surface area contributed by atoms with Crippen LogP contribution in [0.1, 0.15) is 44.0 Å². The minimum absolute atomic E-state index is 0.327. The van der Waals surface area contributed by atoms with Crippen molar-refractivity contribution >= 4 is 50.7 Å². The third-order valence-electron chi connectivity index (χ3n) is 6.75. The van der Waals surface area contributed by atoms with Gasteiger partial charge in [0.25, 0.3) is 5.91 Å². The maximum atomic E-state index is 13.7. The van der Waals surface area contributed by atoms with Crippen LogP contribution in [0.5, 0.6) is 0 Å². The van der Waals surface area contributed by atoms with Gasteiger partial charge in [-0.15, -0.1) is 11.3 Å². The summed E-state index contributed by atoms with van der Waals surface area (Å²) in [4.78, 5) is 32.3. The van der Waals surface area contributed by atoms with E-state index in [0.29, 0.717) is 49.3 Å². The van der Waals surface area contributed by atoms with Crippen LogP contribution < -0.4 is 5.32 Å². The van der Waals surface area contributed by atoms with Gasteiger partial charge < -0.3 is 14.5 Å². The number of methoxy groups -OCH3 is 1. The molecule has 2 aromatic carbocycles. The highest BCUT2D eigenvalue weighted by Gasteiger charge is 2.28. The van der Waals surface area contributed by atoms with E-state index in [0.717, 1.165) is 41.7 Å². The van der Waals surface area contributed by atoms with E-state index in [2.05, 4.69) is 5.32 Å². The fourth-order valence-electron chi connectivity index (χ4n) is 4.91. The molecule has 1 aliphatic rings. The van der Waals surface area contributed by atoms with Crippen LogP contribution in [-0.2, 0) is 17.6 Å². The predicted octanol–water partition coefficient (Wildman–Crippen LogP) is 7.79. The number of pyridine rings is 1. The van der Waals surface area contributed by atoms with Gasteiger partial charge in [-0.2, -0.15) is 0 Å². The number of amides is 1. The Bertz CT molecular complexity index is 1700. The Morgan fingerprint density at radius 1 is 1.00 bits per heavy atom. The standard InChI is InChI=1S/C30H23ClN2O4S/c1-36-30(35)27-19-10-4-7-13-26(19)38-29(27)33-28(34)20-16-23(32-22-12-6-3-8-17(20)22)25-15-14-24(37-25)18-9-2-5-11-21(18)31/h2-3,5-6,8-9,11-12,14-16H,4,7,10,13H2,1H3,(H,33,34). The lowest BCUT2D eigenvalue weighted by molar-refractivity contribution is 0.0601. The molecule has 0 atom stereocenters. The molecule has 1 amide bonds. The van der Waals surface area contributed by atoms with Crippen molar-refractivity contribution in [1.82, 2.24) is 4.98 Å². The van der Waals surface area contributed by atoms with E-state index in [1.807, 2.05) is 54.6 Å². The predicted molar refractivity (Wildman–Crippen MR) is 150 cm³/mol. The van der Waals surface area contributed by atoms with Gasteiger partial charge >= 0.3 is 5.97 Å². The lowest BCUT2D eigenvalue weighted by Gasteiger charge is -2.12. The van der Waals surface area contributed by atoms with Gasteiger partial charge in [-0.3, -0.25) is 4.79 Å². The van der Waals surface area contributed by atoms with E-state index in [4.69, 9.17) is 25.7 Å². The zero-order chi connectivity index (χ0) is 26.2. The fraction of sp³-hybridized carbons (Fsp3) is 0.167. The van der Waals surface area contributed by atoms with E-state index in [-0.39, 0.29) is 5.91 Å². The normalized spacial score (nSPS) is 12.8. The van der Waals surface area contributed by atoms with Crippen molar-refractivity contribution in [3.8, 4) is 22.8 Å². The first-order chi connectivity index (χ1) is 18.5. The number of esters is 1. The summed E-state index contributed by atoms with van der Waals surface area (Å²) < 4.78 is 11.2. The fourth-order valence-corrected chi connectivity index (χ4v) is 6.41. The molecule has 0 radical (unpaired) electrons. The zero-order valence-electron chi connectivity index (χ0n) is 20.5. The highest BCUT2D eigenvalue weighted by Crippen LogP contribution is 2.39. The number of fused-ring (bicyclic) bond motifs is 2. The van der Waals surface area contributed by atoms with Crippen molar-refractivity contribution in [2.75, 3.05) is 12.4 Å². The van der Waals surface area contributed by atoms with Crippen molar-refractivity contribution < 1.29 is 18.7 Å². The molecule has 1 aliphatic carbocycles. The van der Waals surface area contributed by atoms with Gasteiger partial charge in [-0.25, -0.2) is 9.78 Å². The van der Waals surface area contributed by atoms with E-state index in [9.17, 15) is 9.59 Å². The maximum Gasteiger partial charge on any atom is 0.341 e. The second kappa shape index (κ2) is 10.1. The lowest BCUT2D eigenvalue weighted by Crippen LogP contribution is -2.15. The smallest absolute Gasteiger partial charge is 0.341 e. The molecule has 0 saturated carbocycles. The number of carbonyl (C=O) groups excluding carboxylic acids is 2. The molecule has 0 spiro atoms. The molecule has 0 bridgehead atoms. The number of thiophene rings is 1. The quantitative estimate of drug-likeness (QED) is 0.229. The van der Waals surface area contributed by atoms with Gasteiger partial charge in [-0.1, -0.05) is 41.9 Å². The van der Waals surface area contributed by atoms with Gasteiger partial charge in [-0.05, 0) is 67.6 Å². The second-order valence-electron chi connectivity index (χ2n) is 9.08. The average molecular weight is 543 g/mol. The van der Waals surface area contributed by atoms with Crippen LogP contribution >= 0.6 is 22.9 Å². The van der Waals surface area contributed by atoms with Gasteiger partial charge in [0.15, 0.2) is 5.76 Å². The number of aryl methyl sites for hydroxylation is 1. The molecular formula is C30H23ClN2O4S. The molecule has 38 heavy (non-hydrogen) atoms. The number of hydrogen-bond acceptors (Lipinski definition) is 6. The van der Waals surface area contributed by atoms with Crippen LogP contribution in [0.4, 0.5) is 5.00 Å². The van der Waals surface area contributed by atoms with Crippen molar-refractivity contribution in [3.63, 3.8) is 0 Å². The number of nitrogens with one attached hydrogen (secondary N) is 1. The first kappa shape index (κ1) is 24.4. The Morgan fingerprint density at radius 3 is 2.61 bits per heavy atom. The van der Waals surface area contributed by atoms with Crippen LogP contribution in [0.2, 0.25) is 5.02 Å². The van der Waals surface area contributed by atoms with Crippen LogP contribution in [0.15, 0.2) is 71.1 Å². The maximum absolute atomic E-state index is 13.7. The average Bonchev–Trinajstić information content (AvgIpc) is 3.57. The Labute approximate surface area is 228 Å². The third-order valence-corrected chi connectivity index (χ3v) is 8.28. The third kappa shape index (κ3) is 4.38. The molecular weight excluding hydrogens is 520 g/mol. The van der Waals surface area contributed by atoms with Crippen molar-refractivity contribution in [2.45, 2.75) is 25.7 Å². The molecule has 8 heteroatoms. The highest BCUT2D eigenvalue weighted by atomic mass is 35.5. The second-order valence-corrected chi connectivity index (χ2v) is 10.6. The largest absolute Gasteiger partial charge is 0.465 e. The monoisotopic (exact) mass is 542 g/mol. The summed E-state index contributed by atoms with van der Waals surface area (Å²) in [7, 11) is 1.36. The molecule has 5 aromatic rings. The summed E-state index contributed by atoms with van der Waals surface area (Å²) in [6, 6.07) is 20.3. The molecule has 0 aliphatic heterocycles. The minimum atomic E-state index is -0.428. The molecule has 6 rings (SSSR count). The Kier molecular flexibility index (Phi) is 6.47. The number of furan rings is 1. The molecule has 0 fully saturated rings. The van der Waals surface area contributed by atoms with E-state index >= 15 is 0 Å². The molecule has 0 unspecified atom stereocenters. The number of halogens is 1. The number of nitrogens with zero attached hydrogens (tertiary/aromatic N) is 1. The summed E-state index contributed by atoms with van der Waals surface area (Å²) in [5.41, 5.74) is 3.84. The molecule has 6 nitrogen and oxygen atoms in total. The van der Waals surface area contributed by atoms with Crippen LogP contribution in [0.3, 0.4) is 0 Å². The zero-order valence-corrected chi connectivity index (χ0v) is 22.1. The number of carbonyl (C=O) groups is 2. The molecule has 190 valence electrons. The number of benzene rings is 2. The molecule has 0 saturated heterocycles. The first-order valence-electron chi connectivity index (χ1n) is 12.3. The van der Waals surface area contributed by atoms with Crippen LogP contribution in [0, 0.1) is 0 Å². The lowest BCUT2D eigenvalue weighted by atomic mass is 9.95. The van der Waals surface area contributed by atoms with Crippen molar-refractivity contribution in [1.29, 1.82) is 0 Å². The van der Waals surface area contributed by atoms with Crippen LogP contribution in [0.25, 0.3) is 33.7 Å². The number of anilines is 1. The Morgan fingerprint density at radius 2 is 1.76 bits per heavy atom. The minimum Gasteiger partial charge on any atom is -0.465 e. The summed E-state index contributed by atoms with van der Waals surface area (Å²) in [5, 5.41) is 4.82. The van der Waals surface area contributed by atoms with E-state index < -0.39 is 5.97 Å². The van der Waals surface area contributed by atoms with Gasteiger partial charge in [0.05, 0.1) is 28.8 Å². The number of aromatic nitrogens is 1. The summed E-state index contributed by atoms with van der Waals surface area (Å²) >= 11 is 7.82. The summed E-state index contributed by atoms with van der Waals surface area (Å²) in [6.45, 7) is 0. The molecule has 3 heterocycles. The SMILES string of the molecule is COC(=O)c1c(NC(=O)c2cc(-c3ccc(-c4ccccc4Cl)o3)nc3ccccc23)sc2c1CCCC2. The number of rotatable bonds is 5. The van der Waals surface area contributed by atoms with Crippen molar-refractivity contribution in [3.05, 3.63) is 93.3 Å². The van der Waals surface area contributed by atoms with Crippen LogP contribution in [-0.4, -0.2) is 24.0 Å². The van der Waals surface area contributed by atoms with Gasteiger partial charge in [0.1, 0.15) is 16.5 Å². The number of ether oxygens (including phenoxy) is 1. The van der Waals surface area contributed by atoms with Gasteiger partial charge in [0.2, 0.25) is 0 Å².